The Morgan fingerprint density at radius 3 is 3.10 bits per heavy atom. The van der Waals surface area contributed by atoms with E-state index in [2.05, 4.69) is 15.2 Å². The summed E-state index contributed by atoms with van der Waals surface area (Å²) in [6, 6.07) is -0.165. The maximum Gasteiger partial charge on any atom is 0.239 e. The van der Waals surface area contributed by atoms with Gasteiger partial charge in [0.05, 0.1) is 11.2 Å². The van der Waals surface area contributed by atoms with Crippen molar-refractivity contribution in [1.82, 2.24) is 20.1 Å². The van der Waals surface area contributed by atoms with E-state index in [1.54, 1.807) is 11.3 Å². The molecule has 0 unspecified atom stereocenters. The number of hydrogen-bond donors (Lipinski definition) is 1. The zero-order valence-corrected chi connectivity index (χ0v) is 13.0. The van der Waals surface area contributed by atoms with Gasteiger partial charge in [-0.2, -0.15) is 0 Å². The number of aryl methyl sites for hydroxylation is 2. The third-order valence-corrected chi connectivity index (χ3v) is 5.25. The van der Waals surface area contributed by atoms with Gasteiger partial charge in [-0.25, -0.2) is 4.98 Å². The van der Waals surface area contributed by atoms with Gasteiger partial charge in [0.25, 0.3) is 0 Å². The molecule has 0 aliphatic carbocycles. The molecule has 114 valence electrons. The number of thiazole rings is 1. The van der Waals surface area contributed by atoms with E-state index in [0.29, 0.717) is 19.5 Å². The number of carbonyl (C=O) groups is 2. The van der Waals surface area contributed by atoms with Crippen molar-refractivity contribution in [2.24, 2.45) is 0 Å². The number of fused-ring (bicyclic) bond motifs is 1. The molecule has 7 heteroatoms. The van der Waals surface area contributed by atoms with Gasteiger partial charge in [-0.05, 0) is 13.3 Å². The highest BCUT2D eigenvalue weighted by molar-refractivity contribution is 7.09. The van der Waals surface area contributed by atoms with E-state index < -0.39 is 0 Å². The van der Waals surface area contributed by atoms with Gasteiger partial charge in [0.1, 0.15) is 6.04 Å². The maximum atomic E-state index is 12.3. The van der Waals surface area contributed by atoms with E-state index >= 15 is 0 Å². The summed E-state index contributed by atoms with van der Waals surface area (Å²) in [6.45, 7) is 5.62. The fourth-order valence-electron chi connectivity index (χ4n) is 2.95. The summed E-state index contributed by atoms with van der Waals surface area (Å²) in [4.78, 5) is 33.6. The molecule has 0 saturated carbocycles. The van der Waals surface area contributed by atoms with Crippen molar-refractivity contribution in [2.45, 2.75) is 25.8 Å². The van der Waals surface area contributed by atoms with E-state index in [-0.39, 0.29) is 17.9 Å². The van der Waals surface area contributed by atoms with Crippen LogP contribution in [0.5, 0.6) is 0 Å². The quantitative estimate of drug-likeness (QED) is 0.855. The van der Waals surface area contributed by atoms with Crippen molar-refractivity contribution < 1.29 is 9.59 Å². The molecule has 21 heavy (non-hydrogen) atoms. The normalized spacial score (nSPS) is 22.8. The minimum absolute atomic E-state index is 0.0528. The Kier molecular flexibility index (Phi) is 4.21. The Morgan fingerprint density at radius 1 is 1.48 bits per heavy atom. The van der Waals surface area contributed by atoms with Crippen LogP contribution in [-0.2, 0) is 16.0 Å². The molecule has 2 amide bonds. The summed E-state index contributed by atoms with van der Waals surface area (Å²) in [5, 5.41) is 2.88. The van der Waals surface area contributed by atoms with Crippen LogP contribution in [0.15, 0.2) is 5.51 Å². The topological polar surface area (TPSA) is 65.5 Å². The Bertz CT molecular complexity index is 545. The highest BCUT2D eigenvalue weighted by Gasteiger charge is 2.36. The monoisotopic (exact) mass is 308 g/mol. The largest absolute Gasteiger partial charge is 0.353 e. The van der Waals surface area contributed by atoms with Crippen LogP contribution in [0.2, 0.25) is 0 Å². The second kappa shape index (κ2) is 6.11. The molecule has 0 aromatic carbocycles. The standard InChI is InChI=1S/C14H20N4O2S/c1-10-12(21-9-16-10)2-3-13(19)18-7-6-17-5-4-15-14(20)11(17)8-18/h9,11H,2-8H2,1H3,(H,15,20)/t11-/m1/s1. The molecule has 2 fully saturated rings. The number of nitrogens with zero attached hydrogens (tertiary/aromatic N) is 3. The lowest BCUT2D eigenvalue weighted by Crippen LogP contribution is -2.64. The van der Waals surface area contributed by atoms with Crippen LogP contribution in [0, 0.1) is 6.92 Å². The maximum absolute atomic E-state index is 12.3. The zero-order valence-electron chi connectivity index (χ0n) is 12.2. The molecule has 1 N–H and O–H groups in total. The molecule has 0 radical (unpaired) electrons. The van der Waals surface area contributed by atoms with Crippen LogP contribution >= 0.6 is 11.3 Å². The first-order valence-corrected chi connectivity index (χ1v) is 8.21. The first kappa shape index (κ1) is 14.5. The van der Waals surface area contributed by atoms with E-state index in [1.165, 1.54) is 4.88 Å². The third-order valence-electron chi connectivity index (χ3n) is 4.26. The van der Waals surface area contributed by atoms with Crippen molar-refractivity contribution in [3.8, 4) is 0 Å². The molecule has 6 nitrogen and oxygen atoms in total. The van der Waals surface area contributed by atoms with E-state index in [1.807, 2.05) is 17.3 Å². The lowest BCUT2D eigenvalue weighted by molar-refractivity contribution is -0.139. The van der Waals surface area contributed by atoms with Crippen molar-refractivity contribution in [3.05, 3.63) is 16.1 Å². The Labute approximate surface area is 128 Å². The first-order valence-electron chi connectivity index (χ1n) is 7.33. The summed E-state index contributed by atoms with van der Waals surface area (Å²) in [5.74, 6) is 0.192. The van der Waals surface area contributed by atoms with Crippen LogP contribution in [0.3, 0.4) is 0 Å². The number of aromatic nitrogens is 1. The van der Waals surface area contributed by atoms with Crippen LogP contribution in [0.4, 0.5) is 0 Å². The number of carbonyl (C=O) groups excluding carboxylic acids is 2. The van der Waals surface area contributed by atoms with Gasteiger partial charge >= 0.3 is 0 Å². The van der Waals surface area contributed by atoms with Gasteiger partial charge in [0.15, 0.2) is 0 Å². The Hall–Kier alpha value is -1.47. The van der Waals surface area contributed by atoms with Crippen molar-refractivity contribution in [3.63, 3.8) is 0 Å². The Balaban J connectivity index is 1.56. The fourth-order valence-corrected chi connectivity index (χ4v) is 3.73. The van der Waals surface area contributed by atoms with Crippen LogP contribution < -0.4 is 5.32 Å². The Morgan fingerprint density at radius 2 is 2.33 bits per heavy atom. The number of nitrogens with one attached hydrogen (secondary N) is 1. The molecule has 2 aliphatic rings. The molecule has 1 aromatic heterocycles. The number of piperazine rings is 2. The highest BCUT2D eigenvalue weighted by atomic mass is 32.1. The molecule has 2 aliphatic heterocycles. The fraction of sp³-hybridized carbons (Fsp3) is 0.643. The molecular weight excluding hydrogens is 288 g/mol. The van der Waals surface area contributed by atoms with Gasteiger partial charge in [0.2, 0.25) is 11.8 Å². The molecule has 0 spiro atoms. The predicted molar refractivity (Wildman–Crippen MR) is 80.1 cm³/mol. The molecule has 2 saturated heterocycles. The second-order valence-electron chi connectivity index (χ2n) is 5.54. The first-order chi connectivity index (χ1) is 10.1. The minimum atomic E-state index is -0.165. The van der Waals surface area contributed by atoms with E-state index in [0.717, 1.165) is 31.7 Å². The number of hydrogen-bond acceptors (Lipinski definition) is 5. The number of rotatable bonds is 3. The summed E-state index contributed by atoms with van der Waals surface area (Å²) >= 11 is 1.60. The lowest BCUT2D eigenvalue weighted by atomic mass is 10.1. The molecule has 3 heterocycles. The summed E-state index contributed by atoms with van der Waals surface area (Å²) in [7, 11) is 0. The molecular formula is C14H20N4O2S. The second-order valence-corrected chi connectivity index (χ2v) is 6.48. The molecule has 1 aromatic rings. The van der Waals surface area contributed by atoms with E-state index in [9.17, 15) is 9.59 Å². The van der Waals surface area contributed by atoms with Gasteiger partial charge in [-0.1, -0.05) is 0 Å². The van der Waals surface area contributed by atoms with Gasteiger partial charge < -0.3 is 10.2 Å². The summed E-state index contributed by atoms with van der Waals surface area (Å²) in [6.07, 6.45) is 1.24. The van der Waals surface area contributed by atoms with Crippen LogP contribution in [0.1, 0.15) is 17.0 Å². The molecule has 0 bridgehead atoms. The van der Waals surface area contributed by atoms with Crippen molar-refractivity contribution >= 4 is 23.2 Å². The lowest BCUT2D eigenvalue weighted by Gasteiger charge is -2.43. The van der Waals surface area contributed by atoms with Crippen molar-refractivity contribution in [2.75, 3.05) is 32.7 Å². The number of amides is 2. The SMILES string of the molecule is Cc1ncsc1CCC(=O)N1CCN2CCNC(=O)[C@H]2C1. The minimum Gasteiger partial charge on any atom is -0.353 e. The van der Waals surface area contributed by atoms with Crippen LogP contribution in [0.25, 0.3) is 0 Å². The predicted octanol–water partition coefficient (Wildman–Crippen LogP) is 0.0267. The van der Waals surface area contributed by atoms with E-state index in [4.69, 9.17) is 0 Å². The van der Waals surface area contributed by atoms with Gasteiger partial charge in [-0.3, -0.25) is 14.5 Å². The average molecular weight is 308 g/mol. The van der Waals surface area contributed by atoms with Gasteiger partial charge in [0, 0.05) is 44.0 Å². The average Bonchev–Trinajstić information content (AvgIpc) is 2.90. The highest BCUT2D eigenvalue weighted by Crippen LogP contribution is 2.17. The third kappa shape index (κ3) is 3.08. The molecule has 1 atom stereocenters. The summed E-state index contributed by atoms with van der Waals surface area (Å²) < 4.78 is 0. The zero-order chi connectivity index (χ0) is 14.8. The van der Waals surface area contributed by atoms with Crippen LogP contribution in [-0.4, -0.2) is 65.4 Å². The smallest absolute Gasteiger partial charge is 0.239 e. The van der Waals surface area contributed by atoms with Gasteiger partial charge in [-0.15, -0.1) is 11.3 Å². The van der Waals surface area contributed by atoms with Crippen molar-refractivity contribution in [1.29, 1.82) is 0 Å². The molecule has 3 rings (SSSR count). The summed E-state index contributed by atoms with van der Waals surface area (Å²) in [5.41, 5.74) is 2.84.